The van der Waals surface area contributed by atoms with Gasteiger partial charge in [0.25, 0.3) is 5.89 Å². The van der Waals surface area contributed by atoms with E-state index in [1.165, 1.54) is 0 Å². The van der Waals surface area contributed by atoms with E-state index in [0.29, 0.717) is 33.2 Å². The van der Waals surface area contributed by atoms with Crippen LogP contribution < -0.4 is 4.74 Å². The molecule has 3 aromatic heterocycles. The van der Waals surface area contributed by atoms with E-state index in [1.54, 1.807) is 46.5 Å². The summed E-state index contributed by atoms with van der Waals surface area (Å²) in [4.78, 5) is 5.30. The molecule has 0 aliphatic carbocycles. The zero-order chi connectivity index (χ0) is 17.2. The van der Waals surface area contributed by atoms with Crippen LogP contribution in [0.2, 0.25) is 10.0 Å². The third-order valence-electron chi connectivity index (χ3n) is 3.30. The molecule has 0 aliphatic heterocycles. The number of aromatic nitrogens is 4. The molecule has 25 heavy (non-hydrogen) atoms. The lowest BCUT2D eigenvalue weighted by molar-refractivity contribution is 0.221. The zero-order valence-electron chi connectivity index (χ0n) is 12.6. The van der Waals surface area contributed by atoms with Crippen molar-refractivity contribution >= 4 is 34.5 Å². The van der Waals surface area contributed by atoms with Crippen LogP contribution >= 0.6 is 34.5 Å². The summed E-state index contributed by atoms with van der Waals surface area (Å²) in [5.74, 6) is 1.38. The van der Waals surface area contributed by atoms with Gasteiger partial charge in [-0.3, -0.25) is 0 Å². The van der Waals surface area contributed by atoms with Gasteiger partial charge in [-0.15, -0.1) is 11.3 Å². The van der Waals surface area contributed by atoms with Crippen LogP contribution in [0.25, 0.3) is 22.3 Å². The summed E-state index contributed by atoms with van der Waals surface area (Å²) in [6.45, 7) is 0.173. The Balaban J connectivity index is 1.48. The molecule has 0 saturated carbocycles. The van der Waals surface area contributed by atoms with Crippen molar-refractivity contribution in [2.24, 2.45) is 0 Å². The van der Waals surface area contributed by atoms with Crippen LogP contribution in [-0.2, 0) is 6.73 Å². The first-order valence-electron chi connectivity index (χ1n) is 7.19. The molecule has 4 rings (SSSR count). The summed E-state index contributed by atoms with van der Waals surface area (Å²) in [7, 11) is 0. The largest absolute Gasteiger partial charge is 0.470 e. The molecule has 9 heteroatoms. The van der Waals surface area contributed by atoms with Crippen LogP contribution in [0.1, 0.15) is 0 Å². The fourth-order valence-corrected chi connectivity index (χ4v) is 3.11. The average Bonchev–Trinajstić information content (AvgIpc) is 3.36. The van der Waals surface area contributed by atoms with E-state index in [-0.39, 0.29) is 6.73 Å². The van der Waals surface area contributed by atoms with Gasteiger partial charge >= 0.3 is 0 Å². The molecule has 0 aliphatic rings. The van der Waals surface area contributed by atoms with E-state index in [4.69, 9.17) is 32.5 Å². The van der Waals surface area contributed by atoms with Crippen molar-refractivity contribution in [3.8, 4) is 28.0 Å². The summed E-state index contributed by atoms with van der Waals surface area (Å²) in [6.07, 6.45) is 1.75. The first-order chi connectivity index (χ1) is 12.2. The van der Waals surface area contributed by atoms with Gasteiger partial charge in [-0.25, -0.2) is 4.68 Å². The minimum atomic E-state index is 0.173. The Morgan fingerprint density at radius 3 is 2.92 bits per heavy atom. The summed E-state index contributed by atoms with van der Waals surface area (Å²) in [6, 6.07) is 10.8. The van der Waals surface area contributed by atoms with Gasteiger partial charge in [0.1, 0.15) is 10.8 Å². The molecule has 0 spiro atoms. The van der Waals surface area contributed by atoms with Gasteiger partial charge in [0.15, 0.2) is 12.4 Å². The number of halogens is 2. The van der Waals surface area contributed by atoms with Gasteiger partial charge in [0.05, 0.1) is 9.90 Å². The molecule has 0 radical (unpaired) electrons. The Labute approximate surface area is 156 Å². The van der Waals surface area contributed by atoms with E-state index in [0.717, 1.165) is 4.88 Å². The normalized spacial score (nSPS) is 11.0. The topological polar surface area (TPSA) is 66.0 Å². The molecule has 3 heterocycles. The van der Waals surface area contributed by atoms with Gasteiger partial charge in [-0.05, 0) is 29.6 Å². The lowest BCUT2D eigenvalue weighted by atomic mass is 10.3. The molecule has 0 unspecified atom stereocenters. The van der Waals surface area contributed by atoms with E-state index < -0.39 is 0 Å². The Kier molecular flexibility index (Phi) is 4.44. The van der Waals surface area contributed by atoms with Gasteiger partial charge in [0.2, 0.25) is 5.82 Å². The highest BCUT2D eigenvalue weighted by Crippen LogP contribution is 2.31. The smallest absolute Gasteiger partial charge is 0.278 e. The molecule has 0 amide bonds. The standard InChI is InChI=1S/C16H10Cl2N4O2S/c17-10-3-1-4-12(14(10)18)23-9-22-7-6-11(20-22)16-19-15(21-24-16)13-5-2-8-25-13/h1-8H,9H2. The summed E-state index contributed by atoms with van der Waals surface area (Å²) in [5.41, 5.74) is 0.566. The highest BCUT2D eigenvalue weighted by molar-refractivity contribution is 7.13. The molecular formula is C16H10Cl2N4O2S. The number of rotatable bonds is 5. The van der Waals surface area contributed by atoms with Gasteiger partial charge < -0.3 is 9.26 Å². The fourth-order valence-electron chi connectivity index (χ4n) is 2.11. The highest BCUT2D eigenvalue weighted by atomic mass is 35.5. The Morgan fingerprint density at radius 1 is 1.16 bits per heavy atom. The predicted octanol–water partition coefficient (Wildman–Crippen LogP) is 5.00. The Hall–Kier alpha value is -2.35. The Bertz CT molecular complexity index is 997. The van der Waals surface area contributed by atoms with Crippen molar-refractivity contribution in [1.82, 2.24) is 19.9 Å². The van der Waals surface area contributed by atoms with Crippen LogP contribution in [0, 0.1) is 0 Å². The van der Waals surface area contributed by atoms with Gasteiger partial charge in [-0.1, -0.05) is 40.5 Å². The summed E-state index contributed by atoms with van der Waals surface area (Å²) < 4.78 is 12.5. The van der Waals surface area contributed by atoms with Crippen molar-refractivity contribution in [3.63, 3.8) is 0 Å². The minimum absolute atomic E-state index is 0.173. The van der Waals surface area contributed by atoms with Crippen LogP contribution in [-0.4, -0.2) is 19.9 Å². The molecular weight excluding hydrogens is 383 g/mol. The maximum absolute atomic E-state index is 6.09. The van der Waals surface area contributed by atoms with Crippen molar-refractivity contribution in [2.75, 3.05) is 0 Å². The number of nitrogens with zero attached hydrogens (tertiary/aromatic N) is 4. The zero-order valence-corrected chi connectivity index (χ0v) is 14.9. The number of thiophene rings is 1. The van der Waals surface area contributed by atoms with Gasteiger partial charge in [-0.2, -0.15) is 10.1 Å². The van der Waals surface area contributed by atoms with Crippen molar-refractivity contribution < 1.29 is 9.26 Å². The van der Waals surface area contributed by atoms with E-state index in [2.05, 4.69) is 15.2 Å². The fraction of sp³-hybridized carbons (Fsp3) is 0.0625. The monoisotopic (exact) mass is 392 g/mol. The second kappa shape index (κ2) is 6.87. The summed E-state index contributed by atoms with van der Waals surface area (Å²) in [5, 5.41) is 11.1. The maximum atomic E-state index is 6.09. The third-order valence-corrected chi connectivity index (χ3v) is 4.96. The number of hydrogen-bond acceptors (Lipinski definition) is 6. The molecule has 0 N–H and O–H groups in total. The molecule has 0 bridgehead atoms. The number of ether oxygens (including phenoxy) is 1. The quantitative estimate of drug-likeness (QED) is 0.477. The van der Waals surface area contributed by atoms with Crippen molar-refractivity contribution in [3.05, 3.63) is 58.0 Å². The molecule has 1 aromatic carbocycles. The van der Waals surface area contributed by atoms with Crippen LogP contribution in [0.15, 0.2) is 52.5 Å². The van der Waals surface area contributed by atoms with Crippen molar-refractivity contribution in [2.45, 2.75) is 6.73 Å². The molecule has 4 aromatic rings. The SMILES string of the molecule is Clc1cccc(OCn2ccc(-c3nc(-c4cccs4)no3)n2)c1Cl. The molecule has 126 valence electrons. The minimum Gasteiger partial charge on any atom is -0.470 e. The maximum Gasteiger partial charge on any atom is 0.278 e. The molecule has 0 saturated heterocycles. The lowest BCUT2D eigenvalue weighted by Crippen LogP contribution is -2.06. The van der Waals surface area contributed by atoms with Crippen LogP contribution in [0.4, 0.5) is 0 Å². The number of hydrogen-bond donors (Lipinski definition) is 0. The predicted molar refractivity (Wildman–Crippen MR) is 95.9 cm³/mol. The second-order valence-corrected chi connectivity index (χ2v) is 6.70. The number of benzene rings is 1. The first-order valence-corrected chi connectivity index (χ1v) is 8.82. The average molecular weight is 393 g/mol. The Morgan fingerprint density at radius 2 is 2.08 bits per heavy atom. The summed E-state index contributed by atoms with van der Waals surface area (Å²) >= 11 is 13.6. The third kappa shape index (κ3) is 3.39. The van der Waals surface area contributed by atoms with Crippen LogP contribution in [0.5, 0.6) is 5.75 Å². The molecule has 0 fully saturated rings. The van der Waals surface area contributed by atoms with Gasteiger partial charge in [0, 0.05) is 6.20 Å². The molecule has 0 atom stereocenters. The first kappa shape index (κ1) is 16.1. The highest BCUT2D eigenvalue weighted by Gasteiger charge is 2.14. The van der Waals surface area contributed by atoms with E-state index in [9.17, 15) is 0 Å². The lowest BCUT2D eigenvalue weighted by Gasteiger charge is -2.08. The van der Waals surface area contributed by atoms with E-state index in [1.807, 2.05) is 17.5 Å². The van der Waals surface area contributed by atoms with Crippen LogP contribution in [0.3, 0.4) is 0 Å². The molecule has 6 nitrogen and oxygen atoms in total. The van der Waals surface area contributed by atoms with E-state index >= 15 is 0 Å². The van der Waals surface area contributed by atoms with Crippen molar-refractivity contribution in [1.29, 1.82) is 0 Å². The second-order valence-electron chi connectivity index (χ2n) is 4.97.